The Morgan fingerprint density at radius 1 is 1.50 bits per heavy atom. The minimum Gasteiger partial charge on any atom is -0.477 e. The smallest absolute Gasteiger partial charge is 0.352 e. The Bertz CT molecular complexity index is 406. The molecule has 2 amide bonds. The number of rotatable bonds is 4. The molecule has 0 bridgehead atoms. The Hall–Kier alpha value is -2.34. The van der Waals surface area contributed by atoms with Crippen LogP contribution in [0.5, 0.6) is 0 Å². The molecule has 0 atom stereocenters. The van der Waals surface area contributed by atoms with E-state index in [1.165, 1.54) is 0 Å². The molecule has 1 heterocycles. The summed E-state index contributed by atoms with van der Waals surface area (Å²) < 4.78 is 0. The molecule has 0 aromatic heterocycles. The summed E-state index contributed by atoms with van der Waals surface area (Å²) in [6.07, 6.45) is 1.04. The van der Waals surface area contributed by atoms with Crippen molar-refractivity contribution in [3.8, 4) is 0 Å². The van der Waals surface area contributed by atoms with Crippen molar-refractivity contribution in [3.63, 3.8) is 0 Å². The summed E-state index contributed by atoms with van der Waals surface area (Å²) in [5, 5.41) is 11.9. The van der Waals surface area contributed by atoms with Gasteiger partial charge in [0.2, 0.25) is 11.8 Å². The van der Waals surface area contributed by atoms with Gasteiger partial charge in [0.1, 0.15) is 5.70 Å². The third kappa shape index (κ3) is 2.37. The molecule has 0 aromatic rings. The number of imide groups is 1. The lowest BCUT2D eigenvalue weighted by Crippen LogP contribution is -2.32. The molecule has 0 aromatic carbocycles. The predicted molar refractivity (Wildman–Crippen MR) is 50.8 cm³/mol. The van der Waals surface area contributed by atoms with Crippen molar-refractivity contribution in [2.24, 2.45) is 5.11 Å². The van der Waals surface area contributed by atoms with Crippen LogP contribution < -0.4 is 0 Å². The number of hydrogen-bond donors (Lipinski definition) is 1. The highest BCUT2D eigenvalue weighted by atomic mass is 16.4. The SMILES string of the molecule is [N-]=[N+]=NCC=C(C(=O)O)N1C(=O)CCC1=O. The lowest BCUT2D eigenvalue weighted by Gasteiger charge is -2.13. The number of likely N-dealkylation sites (tertiary alicyclic amines) is 1. The van der Waals surface area contributed by atoms with Gasteiger partial charge in [-0.1, -0.05) is 5.11 Å². The second kappa shape index (κ2) is 4.94. The molecule has 84 valence electrons. The molecule has 8 nitrogen and oxygen atoms in total. The van der Waals surface area contributed by atoms with E-state index in [0.29, 0.717) is 4.90 Å². The summed E-state index contributed by atoms with van der Waals surface area (Å²) in [7, 11) is 0. The molecule has 1 saturated heterocycles. The molecule has 16 heavy (non-hydrogen) atoms. The van der Waals surface area contributed by atoms with Gasteiger partial charge in [0.15, 0.2) is 0 Å². The summed E-state index contributed by atoms with van der Waals surface area (Å²) >= 11 is 0. The maximum absolute atomic E-state index is 11.3. The van der Waals surface area contributed by atoms with Crippen LogP contribution in [-0.2, 0) is 14.4 Å². The van der Waals surface area contributed by atoms with Crippen molar-refractivity contribution >= 4 is 17.8 Å². The van der Waals surface area contributed by atoms with Crippen LogP contribution >= 0.6 is 0 Å². The maximum Gasteiger partial charge on any atom is 0.352 e. The summed E-state index contributed by atoms with van der Waals surface area (Å²) in [4.78, 5) is 36.4. The van der Waals surface area contributed by atoms with Gasteiger partial charge in [-0.3, -0.25) is 9.59 Å². The largest absolute Gasteiger partial charge is 0.477 e. The number of carbonyl (C=O) groups is 3. The van der Waals surface area contributed by atoms with Crippen LogP contribution in [0.2, 0.25) is 0 Å². The Balaban J connectivity index is 2.97. The van der Waals surface area contributed by atoms with Gasteiger partial charge in [0.05, 0.1) is 0 Å². The molecular formula is C8H8N4O4. The maximum atomic E-state index is 11.3. The number of carboxylic acid groups (broad SMARTS) is 1. The third-order valence-corrected chi connectivity index (χ3v) is 1.94. The Kier molecular flexibility index (Phi) is 3.62. The summed E-state index contributed by atoms with van der Waals surface area (Å²) in [6, 6.07) is 0. The zero-order valence-electron chi connectivity index (χ0n) is 8.16. The van der Waals surface area contributed by atoms with Crippen LogP contribution in [0, 0.1) is 0 Å². The van der Waals surface area contributed by atoms with E-state index >= 15 is 0 Å². The molecule has 0 unspecified atom stereocenters. The molecular weight excluding hydrogens is 216 g/mol. The molecule has 0 spiro atoms. The quantitative estimate of drug-likeness (QED) is 0.244. The Morgan fingerprint density at radius 3 is 2.50 bits per heavy atom. The standard InChI is InChI=1S/C8H8N4O4/c9-11-10-4-3-5(8(15)16)12-6(13)1-2-7(12)14/h3H,1-2,4H2,(H,15,16). The number of aliphatic carboxylic acids is 1. The van der Waals surface area contributed by atoms with Gasteiger partial charge in [-0.15, -0.1) is 0 Å². The highest BCUT2D eigenvalue weighted by Gasteiger charge is 2.34. The van der Waals surface area contributed by atoms with E-state index in [1.54, 1.807) is 0 Å². The molecule has 0 saturated carbocycles. The van der Waals surface area contributed by atoms with Crippen molar-refractivity contribution in [1.82, 2.24) is 4.90 Å². The van der Waals surface area contributed by atoms with Gasteiger partial charge in [-0.2, -0.15) is 0 Å². The number of hydrogen-bond acceptors (Lipinski definition) is 4. The average Bonchev–Trinajstić information content (AvgIpc) is 2.54. The third-order valence-electron chi connectivity index (χ3n) is 1.94. The van der Waals surface area contributed by atoms with Crippen LogP contribution in [0.15, 0.2) is 16.9 Å². The van der Waals surface area contributed by atoms with Crippen molar-refractivity contribution in [2.75, 3.05) is 6.54 Å². The topological polar surface area (TPSA) is 123 Å². The highest BCUT2D eigenvalue weighted by molar-refractivity contribution is 6.08. The first kappa shape index (κ1) is 11.7. The van der Waals surface area contributed by atoms with Gasteiger partial charge in [-0.25, -0.2) is 9.69 Å². The van der Waals surface area contributed by atoms with E-state index in [0.717, 1.165) is 6.08 Å². The Morgan fingerprint density at radius 2 is 2.06 bits per heavy atom. The van der Waals surface area contributed by atoms with Gasteiger partial charge >= 0.3 is 5.97 Å². The first-order chi connectivity index (χ1) is 7.57. The Labute approximate surface area is 89.8 Å². The molecule has 1 rings (SSSR count). The lowest BCUT2D eigenvalue weighted by molar-refractivity contribution is -0.143. The van der Waals surface area contributed by atoms with Gasteiger partial charge in [0.25, 0.3) is 0 Å². The fourth-order valence-electron chi connectivity index (χ4n) is 1.28. The molecule has 8 heteroatoms. The van der Waals surface area contributed by atoms with E-state index in [2.05, 4.69) is 10.0 Å². The minimum atomic E-state index is -1.41. The summed E-state index contributed by atoms with van der Waals surface area (Å²) in [6.45, 7) is -0.227. The predicted octanol–water partition coefficient (Wildman–Crippen LogP) is 0.414. The lowest BCUT2D eigenvalue weighted by atomic mass is 10.3. The zero-order valence-corrected chi connectivity index (χ0v) is 8.16. The van der Waals surface area contributed by atoms with Crippen molar-refractivity contribution in [1.29, 1.82) is 0 Å². The number of azide groups is 1. The van der Waals surface area contributed by atoms with Gasteiger partial charge in [-0.05, 0) is 11.6 Å². The first-order valence-corrected chi connectivity index (χ1v) is 4.38. The number of carboxylic acids is 1. The fourth-order valence-corrected chi connectivity index (χ4v) is 1.28. The van der Waals surface area contributed by atoms with E-state index in [4.69, 9.17) is 10.6 Å². The molecule has 1 aliphatic rings. The minimum absolute atomic E-state index is 0.00493. The van der Waals surface area contributed by atoms with Crippen LogP contribution in [0.25, 0.3) is 10.4 Å². The highest BCUT2D eigenvalue weighted by Crippen LogP contribution is 2.18. The average molecular weight is 224 g/mol. The summed E-state index contributed by atoms with van der Waals surface area (Å²) in [5.74, 6) is -2.52. The van der Waals surface area contributed by atoms with Gasteiger partial charge in [0, 0.05) is 24.3 Å². The number of amides is 2. The van der Waals surface area contributed by atoms with Crippen LogP contribution in [0.4, 0.5) is 0 Å². The van der Waals surface area contributed by atoms with Crippen molar-refractivity contribution < 1.29 is 19.5 Å². The van der Waals surface area contributed by atoms with Crippen molar-refractivity contribution in [3.05, 3.63) is 22.2 Å². The second-order valence-electron chi connectivity index (χ2n) is 2.93. The first-order valence-electron chi connectivity index (χ1n) is 4.38. The normalized spacial score (nSPS) is 16.2. The van der Waals surface area contributed by atoms with Gasteiger partial charge < -0.3 is 5.11 Å². The summed E-state index contributed by atoms with van der Waals surface area (Å²) in [5.41, 5.74) is 7.56. The molecule has 0 aliphatic carbocycles. The fraction of sp³-hybridized carbons (Fsp3) is 0.375. The van der Waals surface area contributed by atoms with Crippen LogP contribution in [-0.4, -0.2) is 34.3 Å². The molecule has 1 fully saturated rings. The van der Waals surface area contributed by atoms with E-state index in [-0.39, 0.29) is 19.4 Å². The second-order valence-corrected chi connectivity index (χ2v) is 2.93. The van der Waals surface area contributed by atoms with Crippen LogP contribution in [0.3, 0.4) is 0 Å². The number of carbonyl (C=O) groups excluding carboxylic acids is 2. The number of nitrogens with zero attached hydrogens (tertiary/aromatic N) is 4. The molecule has 1 aliphatic heterocycles. The molecule has 0 radical (unpaired) electrons. The van der Waals surface area contributed by atoms with E-state index < -0.39 is 23.5 Å². The van der Waals surface area contributed by atoms with Crippen molar-refractivity contribution in [2.45, 2.75) is 12.8 Å². The molecule has 1 N–H and O–H groups in total. The van der Waals surface area contributed by atoms with Crippen LogP contribution in [0.1, 0.15) is 12.8 Å². The van der Waals surface area contributed by atoms with E-state index in [9.17, 15) is 14.4 Å². The zero-order chi connectivity index (χ0) is 12.1. The van der Waals surface area contributed by atoms with E-state index in [1.807, 2.05) is 0 Å². The monoisotopic (exact) mass is 224 g/mol.